The summed E-state index contributed by atoms with van der Waals surface area (Å²) in [6, 6.07) is 10.4. The van der Waals surface area contributed by atoms with E-state index in [4.69, 9.17) is 4.74 Å². The Balaban J connectivity index is 2.61. The highest BCUT2D eigenvalue weighted by atomic mass is 32.2. The second kappa shape index (κ2) is 5.29. The molecule has 0 bridgehead atoms. The molecule has 0 atom stereocenters. The van der Waals surface area contributed by atoms with Crippen molar-refractivity contribution in [2.24, 2.45) is 0 Å². The Bertz CT molecular complexity index is 746. The third kappa shape index (κ3) is 2.56. The Morgan fingerprint density at radius 1 is 0.850 bits per heavy atom. The monoisotopic (exact) mass is 290 g/mol. The summed E-state index contributed by atoms with van der Waals surface area (Å²) in [5.41, 5.74) is 2.50. The van der Waals surface area contributed by atoms with Crippen LogP contribution in [0.1, 0.15) is 16.7 Å². The molecule has 2 aromatic carbocycles. The van der Waals surface area contributed by atoms with Gasteiger partial charge in [0, 0.05) is 0 Å². The molecular weight excluding hydrogens is 272 g/mol. The summed E-state index contributed by atoms with van der Waals surface area (Å²) in [4.78, 5) is 0.682. The molecule has 3 nitrogen and oxygen atoms in total. The predicted octanol–water partition coefficient (Wildman–Crippen LogP) is 3.45. The molecule has 0 radical (unpaired) electrons. The van der Waals surface area contributed by atoms with Gasteiger partial charge in [-0.1, -0.05) is 17.7 Å². The van der Waals surface area contributed by atoms with E-state index in [1.807, 2.05) is 26.0 Å². The molecule has 0 aliphatic carbocycles. The molecule has 0 unspecified atom stereocenters. The molecule has 2 aromatic rings. The first kappa shape index (κ1) is 14.6. The van der Waals surface area contributed by atoms with E-state index in [1.54, 1.807) is 38.3 Å². The highest BCUT2D eigenvalue weighted by Gasteiger charge is 2.22. The van der Waals surface area contributed by atoms with Gasteiger partial charge in [-0.25, -0.2) is 8.42 Å². The molecule has 0 amide bonds. The molecule has 0 spiro atoms. The topological polar surface area (TPSA) is 43.4 Å². The third-order valence-electron chi connectivity index (χ3n) is 3.29. The average molecular weight is 290 g/mol. The van der Waals surface area contributed by atoms with Crippen molar-refractivity contribution in [1.82, 2.24) is 0 Å². The van der Waals surface area contributed by atoms with E-state index in [0.29, 0.717) is 21.1 Å². The van der Waals surface area contributed by atoms with Gasteiger partial charge in [0.2, 0.25) is 9.84 Å². The molecule has 0 saturated heterocycles. The zero-order chi connectivity index (χ0) is 14.9. The fourth-order valence-electron chi connectivity index (χ4n) is 2.27. The number of hydrogen-bond acceptors (Lipinski definition) is 3. The van der Waals surface area contributed by atoms with Crippen LogP contribution < -0.4 is 4.74 Å². The van der Waals surface area contributed by atoms with Gasteiger partial charge in [0.15, 0.2) is 0 Å². The zero-order valence-corrected chi connectivity index (χ0v) is 12.9. The summed E-state index contributed by atoms with van der Waals surface area (Å²) in [7, 11) is -1.94. The van der Waals surface area contributed by atoms with Gasteiger partial charge in [0.05, 0.1) is 16.9 Å². The van der Waals surface area contributed by atoms with Gasteiger partial charge in [0.25, 0.3) is 0 Å². The molecule has 0 aliphatic rings. The number of aryl methyl sites for hydroxylation is 3. The minimum atomic E-state index is -3.50. The van der Waals surface area contributed by atoms with Crippen LogP contribution in [-0.2, 0) is 9.84 Å². The van der Waals surface area contributed by atoms with Gasteiger partial charge in [0.1, 0.15) is 5.75 Å². The Kier molecular flexibility index (Phi) is 3.86. The molecule has 0 saturated carbocycles. The molecule has 0 aromatic heterocycles. The van der Waals surface area contributed by atoms with Crippen molar-refractivity contribution in [1.29, 1.82) is 0 Å². The number of hydrogen-bond donors (Lipinski definition) is 0. The number of rotatable bonds is 3. The largest absolute Gasteiger partial charge is 0.497 e. The van der Waals surface area contributed by atoms with Crippen LogP contribution in [0.15, 0.2) is 46.2 Å². The van der Waals surface area contributed by atoms with Crippen molar-refractivity contribution in [3.63, 3.8) is 0 Å². The lowest BCUT2D eigenvalue weighted by atomic mass is 10.2. The Labute approximate surface area is 120 Å². The smallest absolute Gasteiger partial charge is 0.207 e. The van der Waals surface area contributed by atoms with Gasteiger partial charge in [-0.05, 0) is 56.2 Å². The number of methoxy groups -OCH3 is 1. The fourth-order valence-corrected chi connectivity index (χ4v) is 3.97. The summed E-state index contributed by atoms with van der Waals surface area (Å²) >= 11 is 0. The van der Waals surface area contributed by atoms with E-state index >= 15 is 0 Å². The van der Waals surface area contributed by atoms with E-state index in [0.717, 1.165) is 11.1 Å². The summed E-state index contributed by atoms with van der Waals surface area (Å²) in [6.07, 6.45) is 0. The van der Waals surface area contributed by atoms with Crippen LogP contribution in [0.25, 0.3) is 0 Å². The van der Waals surface area contributed by atoms with Crippen LogP contribution in [0.2, 0.25) is 0 Å². The standard InChI is InChI=1S/C16H18O3S/c1-11-5-7-15(12(2)9-11)20(17,18)16-8-6-14(19-4)10-13(16)3/h5-10H,1-4H3. The third-order valence-corrected chi connectivity index (χ3v) is 5.37. The number of ether oxygens (including phenoxy) is 1. The Hall–Kier alpha value is -1.81. The van der Waals surface area contributed by atoms with Crippen molar-refractivity contribution in [2.75, 3.05) is 7.11 Å². The molecule has 0 N–H and O–H groups in total. The second-order valence-electron chi connectivity index (χ2n) is 4.90. The van der Waals surface area contributed by atoms with E-state index in [1.165, 1.54) is 0 Å². The molecule has 2 rings (SSSR count). The lowest BCUT2D eigenvalue weighted by Gasteiger charge is -2.12. The highest BCUT2D eigenvalue weighted by Crippen LogP contribution is 2.28. The zero-order valence-electron chi connectivity index (χ0n) is 12.1. The predicted molar refractivity (Wildman–Crippen MR) is 79.1 cm³/mol. The Morgan fingerprint density at radius 3 is 1.90 bits per heavy atom. The van der Waals surface area contributed by atoms with Crippen molar-refractivity contribution in [3.05, 3.63) is 53.1 Å². The highest BCUT2D eigenvalue weighted by molar-refractivity contribution is 7.91. The van der Waals surface area contributed by atoms with E-state index in [2.05, 4.69) is 0 Å². The van der Waals surface area contributed by atoms with Crippen LogP contribution in [0.4, 0.5) is 0 Å². The molecular formula is C16H18O3S. The van der Waals surface area contributed by atoms with Crippen LogP contribution in [-0.4, -0.2) is 15.5 Å². The van der Waals surface area contributed by atoms with Gasteiger partial charge in [-0.3, -0.25) is 0 Å². The summed E-state index contributed by atoms with van der Waals surface area (Å²) in [6.45, 7) is 5.54. The SMILES string of the molecule is COc1ccc(S(=O)(=O)c2ccc(C)cc2C)c(C)c1. The number of benzene rings is 2. The van der Waals surface area contributed by atoms with Gasteiger partial charge >= 0.3 is 0 Å². The maximum atomic E-state index is 12.7. The molecule has 0 fully saturated rings. The lowest BCUT2D eigenvalue weighted by Crippen LogP contribution is -2.06. The first-order valence-electron chi connectivity index (χ1n) is 6.33. The minimum Gasteiger partial charge on any atom is -0.497 e. The first-order valence-corrected chi connectivity index (χ1v) is 7.81. The molecule has 0 aliphatic heterocycles. The molecule has 106 valence electrons. The van der Waals surface area contributed by atoms with Crippen LogP contribution in [0.3, 0.4) is 0 Å². The fraction of sp³-hybridized carbons (Fsp3) is 0.250. The normalized spacial score (nSPS) is 11.4. The first-order chi connectivity index (χ1) is 9.36. The average Bonchev–Trinajstić information content (AvgIpc) is 2.37. The van der Waals surface area contributed by atoms with Crippen LogP contribution in [0, 0.1) is 20.8 Å². The maximum Gasteiger partial charge on any atom is 0.207 e. The van der Waals surface area contributed by atoms with Crippen molar-refractivity contribution >= 4 is 9.84 Å². The summed E-state index contributed by atoms with van der Waals surface area (Å²) in [5.74, 6) is 0.655. The van der Waals surface area contributed by atoms with Gasteiger partial charge < -0.3 is 4.74 Å². The van der Waals surface area contributed by atoms with E-state index in [9.17, 15) is 8.42 Å². The van der Waals surface area contributed by atoms with Gasteiger partial charge in [-0.2, -0.15) is 0 Å². The summed E-state index contributed by atoms with van der Waals surface area (Å²) < 4.78 is 30.6. The van der Waals surface area contributed by atoms with Crippen molar-refractivity contribution in [2.45, 2.75) is 30.6 Å². The lowest BCUT2D eigenvalue weighted by molar-refractivity contribution is 0.414. The summed E-state index contributed by atoms with van der Waals surface area (Å²) in [5, 5.41) is 0. The maximum absolute atomic E-state index is 12.7. The molecule has 4 heteroatoms. The molecule has 20 heavy (non-hydrogen) atoms. The van der Waals surface area contributed by atoms with E-state index in [-0.39, 0.29) is 0 Å². The van der Waals surface area contributed by atoms with Crippen LogP contribution >= 0.6 is 0 Å². The van der Waals surface area contributed by atoms with Crippen molar-refractivity contribution < 1.29 is 13.2 Å². The molecule has 0 heterocycles. The van der Waals surface area contributed by atoms with Gasteiger partial charge in [-0.15, -0.1) is 0 Å². The minimum absolute atomic E-state index is 0.324. The number of sulfone groups is 1. The van der Waals surface area contributed by atoms with Crippen molar-refractivity contribution in [3.8, 4) is 5.75 Å². The van der Waals surface area contributed by atoms with E-state index < -0.39 is 9.84 Å². The second-order valence-corrected chi connectivity index (χ2v) is 6.79. The quantitative estimate of drug-likeness (QED) is 0.869. The Morgan fingerprint density at radius 2 is 1.40 bits per heavy atom. The van der Waals surface area contributed by atoms with Crippen LogP contribution in [0.5, 0.6) is 5.75 Å².